The quantitative estimate of drug-likeness (QED) is 0.725. The van der Waals surface area contributed by atoms with E-state index in [0.29, 0.717) is 0 Å². The van der Waals surface area contributed by atoms with E-state index >= 15 is 0 Å². The van der Waals surface area contributed by atoms with Gasteiger partial charge in [-0.25, -0.2) is 13.1 Å². The van der Waals surface area contributed by atoms with Crippen LogP contribution in [0.3, 0.4) is 0 Å². The van der Waals surface area contributed by atoms with E-state index in [4.69, 9.17) is 0 Å². The van der Waals surface area contributed by atoms with Crippen molar-refractivity contribution in [3.8, 4) is 0 Å². The van der Waals surface area contributed by atoms with E-state index in [0.717, 1.165) is 16.9 Å². The molecule has 0 bridgehead atoms. The van der Waals surface area contributed by atoms with Gasteiger partial charge in [0, 0.05) is 6.04 Å². The average molecular weight is 315 g/mol. The highest BCUT2D eigenvalue weighted by atomic mass is 32.2. The summed E-state index contributed by atoms with van der Waals surface area (Å²) in [5, 5.41) is 12.3. The first-order chi connectivity index (χ1) is 9.25. The fourth-order valence-electron chi connectivity index (χ4n) is 1.88. The molecule has 1 aromatic rings. The van der Waals surface area contributed by atoms with E-state index in [1.807, 2.05) is 6.92 Å². The fraction of sp³-hybridized carbons (Fsp3) is 0.429. The van der Waals surface area contributed by atoms with Crippen molar-refractivity contribution < 1.29 is 13.5 Å². The molecule has 2 N–H and O–H groups in total. The molecule has 20 heavy (non-hydrogen) atoms. The molecule has 1 heterocycles. The molecule has 0 spiro atoms. The Bertz CT molecular complexity index is 565. The Morgan fingerprint density at radius 3 is 2.40 bits per heavy atom. The Hall–Kier alpha value is -0.950. The SMILES string of the molecule is C=CCC(O)(CC=C)C(C)NS(=O)(=O)c1cc(C)cs1. The smallest absolute Gasteiger partial charge is 0.250 e. The van der Waals surface area contributed by atoms with Gasteiger partial charge in [-0.15, -0.1) is 24.5 Å². The third kappa shape index (κ3) is 4.02. The summed E-state index contributed by atoms with van der Waals surface area (Å²) >= 11 is 1.16. The molecule has 1 rings (SSSR count). The predicted octanol–water partition coefficient (Wildman–Crippen LogP) is 2.61. The third-order valence-electron chi connectivity index (χ3n) is 3.10. The van der Waals surface area contributed by atoms with Crippen molar-refractivity contribution in [2.24, 2.45) is 0 Å². The minimum absolute atomic E-state index is 0.251. The van der Waals surface area contributed by atoms with Crippen LogP contribution < -0.4 is 4.72 Å². The van der Waals surface area contributed by atoms with Gasteiger partial charge in [-0.2, -0.15) is 0 Å². The monoisotopic (exact) mass is 315 g/mol. The standard InChI is InChI=1S/C14H21NO3S2/c1-5-7-14(16,8-6-2)12(4)15-20(17,18)13-9-11(3)10-19-13/h5-6,9-10,12,15-16H,1-2,7-8H2,3-4H3. The molecule has 0 fully saturated rings. The second kappa shape index (κ2) is 6.67. The molecular formula is C14H21NO3S2. The molecule has 1 atom stereocenters. The van der Waals surface area contributed by atoms with Crippen molar-refractivity contribution in [2.45, 2.75) is 42.5 Å². The molecule has 112 valence electrons. The van der Waals surface area contributed by atoms with Gasteiger partial charge in [0.15, 0.2) is 0 Å². The number of rotatable bonds is 8. The first-order valence-electron chi connectivity index (χ1n) is 6.27. The van der Waals surface area contributed by atoms with Crippen LogP contribution in [0.5, 0.6) is 0 Å². The van der Waals surface area contributed by atoms with Crippen LogP contribution in [0, 0.1) is 6.92 Å². The number of aryl methyl sites for hydroxylation is 1. The largest absolute Gasteiger partial charge is 0.388 e. The van der Waals surface area contributed by atoms with Crippen molar-refractivity contribution >= 4 is 21.4 Å². The first-order valence-corrected chi connectivity index (χ1v) is 8.63. The second-order valence-electron chi connectivity index (χ2n) is 4.88. The maximum atomic E-state index is 12.2. The molecule has 0 saturated carbocycles. The summed E-state index contributed by atoms with van der Waals surface area (Å²) in [6, 6.07) is 0.964. The zero-order chi connectivity index (χ0) is 15.4. The molecule has 0 aliphatic heterocycles. The van der Waals surface area contributed by atoms with E-state index in [2.05, 4.69) is 17.9 Å². The Labute approximate surface area is 124 Å². The van der Waals surface area contributed by atoms with E-state index in [1.54, 1.807) is 30.5 Å². The van der Waals surface area contributed by atoms with Gasteiger partial charge in [-0.05, 0) is 43.7 Å². The van der Waals surface area contributed by atoms with Crippen LogP contribution in [-0.4, -0.2) is 25.2 Å². The van der Waals surface area contributed by atoms with Crippen molar-refractivity contribution in [2.75, 3.05) is 0 Å². The fourth-order valence-corrected chi connectivity index (χ4v) is 4.44. The summed E-state index contributed by atoms with van der Waals surface area (Å²) in [5.41, 5.74) is -0.321. The lowest BCUT2D eigenvalue weighted by molar-refractivity contribution is 0.0200. The molecule has 0 saturated heterocycles. The summed E-state index contributed by atoms with van der Waals surface area (Å²) in [5.74, 6) is 0. The Kier molecular flexibility index (Phi) is 5.70. The Balaban J connectivity index is 2.95. The topological polar surface area (TPSA) is 66.4 Å². The zero-order valence-electron chi connectivity index (χ0n) is 11.8. The Morgan fingerprint density at radius 1 is 1.45 bits per heavy atom. The van der Waals surface area contributed by atoms with E-state index in [-0.39, 0.29) is 17.1 Å². The number of hydrogen-bond acceptors (Lipinski definition) is 4. The van der Waals surface area contributed by atoms with Crippen LogP contribution in [0.15, 0.2) is 41.0 Å². The first kappa shape index (κ1) is 17.1. The summed E-state index contributed by atoms with van der Waals surface area (Å²) in [6.45, 7) is 10.7. The van der Waals surface area contributed by atoms with Crippen molar-refractivity contribution in [3.63, 3.8) is 0 Å². The lowest BCUT2D eigenvalue weighted by Gasteiger charge is -2.32. The van der Waals surface area contributed by atoms with Gasteiger partial charge >= 0.3 is 0 Å². The van der Waals surface area contributed by atoms with Crippen LogP contribution in [-0.2, 0) is 10.0 Å². The van der Waals surface area contributed by atoms with E-state index < -0.39 is 21.7 Å². The molecule has 1 aromatic heterocycles. The molecule has 4 nitrogen and oxygen atoms in total. The highest BCUT2D eigenvalue weighted by Gasteiger charge is 2.34. The molecular weight excluding hydrogens is 294 g/mol. The van der Waals surface area contributed by atoms with Gasteiger partial charge < -0.3 is 5.11 Å². The summed E-state index contributed by atoms with van der Waals surface area (Å²) in [7, 11) is -3.62. The number of nitrogens with one attached hydrogen (secondary N) is 1. The van der Waals surface area contributed by atoms with Gasteiger partial charge in [-0.1, -0.05) is 12.2 Å². The molecule has 0 radical (unpaired) electrons. The summed E-state index contributed by atoms with van der Waals surface area (Å²) in [6.07, 6.45) is 3.71. The Morgan fingerprint density at radius 2 is 2.00 bits per heavy atom. The molecule has 0 aromatic carbocycles. The van der Waals surface area contributed by atoms with Crippen LogP contribution in [0.4, 0.5) is 0 Å². The zero-order valence-corrected chi connectivity index (χ0v) is 13.4. The predicted molar refractivity (Wildman–Crippen MR) is 83.4 cm³/mol. The van der Waals surface area contributed by atoms with Gasteiger partial charge in [0.2, 0.25) is 10.0 Å². The van der Waals surface area contributed by atoms with Crippen molar-refractivity contribution in [3.05, 3.63) is 42.3 Å². The van der Waals surface area contributed by atoms with Crippen molar-refractivity contribution in [1.82, 2.24) is 4.72 Å². The normalized spacial score (nSPS) is 13.9. The lowest BCUT2D eigenvalue weighted by Crippen LogP contribution is -2.50. The highest BCUT2D eigenvalue weighted by Crippen LogP contribution is 2.25. The van der Waals surface area contributed by atoms with Crippen LogP contribution in [0.2, 0.25) is 0 Å². The third-order valence-corrected chi connectivity index (χ3v) is 6.20. The molecule has 6 heteroatoms. The lowest BCUT2D eigenvalue weighted by atomic mass is 9.89. The van der Waals surface area contributed by atoms with Gasteiger partial charge in [-0.3, -0.25) is 0 Å². The number of thiophene rings is 1. The summed E-state index contributed by atoms with van der Waals surface area (Å²) in [4.78, 5) is 0. The number of aliphatic hydroxyl groups is 1. The molecule has 1 unspecified atom stereocenters. The van der Waals surface area contributed by atoms with E-state index in [1.165, 1.54) is 0 Å². The van der Waals surface area contributed by atoms with Crippen LogP contribution >= 0.6 is 11.3 Å². The average Bonchev–Trinajstić information content (AvgIpc) is 2.76. The summed E-state index contributed by atoms with van der Waals surface area (Å²) < 4.78 is 27.3. The number of sulfonamides is 1. The molecule has 0 amide bonds. The maximum Gasteiger partial charge on any atom is 0.250 e. The van der Waals surface area contributed by atoms with Crippen LogP contribution in [0.1, 0.15) is 25.3 Å². The number of hydrogen-bond donors (Lipinski definition) is 2. The van der Waals surface area contributed by atoms with Crippen molar-refractivity contribution in [1.29, 1.82) is 0 Å². The molecule has 0 aliphatic rings. The van der Waals surface area contributed by atoms with Gasteiger partial charge in [0.25, 0.3) is 0 Å². The minimum atomic E-state index is -3.62. The maximum absolute atomic E-state index is 12.2. The minimum Gasteiger partial charge on any atom is -0.388 e. The van der Waals surface area contributed by atoms with Gasteiger partial charge in [0.05, 0.1) is 5.60 Å². The van der Waals surface area contributed by atoms with Crippen LogP contribution in [0.25, 0.3) is 0 Å². The highest BCUT2D eigenvalue weighted by molar-refractivity contribution is 7.91. The van der Waals surface area contributed by atoms with Gasteiger partial charge in [0.1, 0.15) is 4.21 Å². The second-order valence-corrected chi connectivity index (χ2v) is 7.73. The molecule has 0 aliphatic carbocycles. The van der Waals surface area contributed by atoms with E-state index in [9.17, 15) is 13.5 Å².